The van der Waals surface area contributed by atoms with Crippen LogP contribution in [0.3, 0.4) is 0 Å². The summed E-state index contributed by atoms with van der Waals surface area (Å²) in [5, 5.41) is 2.43. The van der Waals surface area contributed by atoms with Crippen LogP contribution in [0.25, 0.3) is 0 Å². The molecule has 3 aromatic rings. The van der Waals surface area contributed by atoms with Gasteiger partial charge >= 0.3 is 0 Å². The Morgan fingerprint density at radius 3 is 2.56 bits per heavy atom. The van der Waals surface area contributed by atoms with E-state index < -0.39 is 17.5 Å². The molecule has 2 aromatic carbocycles. The van der Waals surface area contributed by atoms with Gasteiger partial charge in [0.15, 0.2) is 0 Å². The number of pyridine rings is 1. The van der Waals surface area contributed by atoms with Crippen LogP contribution in [0.2, 0.25) is 0 Å². The van der Waals surface area contributed by atoms with E-state index in [1.807, 2.05) is 43.3 Å². The number of carbonyl (C=O) groups excluding carboxylic acids is 1. The normalized spacial score (nSPS) is 10.5. The molecule has 4 nitrogen and oxygen atoms in total. The van der Waals surface area contributed by atoms with Gasteiger partial charge in [0, 0.05) is 31.0 Å². The fourth-order valence-corrected chi connectivity index (χ4v) is 2.71. The molecule has 0 unspecified atom stereocenters. The lowest BCUT2D eigenvalue weighted by Crippen LogP contribution is -2.23. The fourth-order valence-electron chi connectivity index (χ4n) is 2.71. The van der Waals surface area contributed by atoms with Crippen LogP contribution < -0.4 is 10.2 Å². The summed E-state index contributed by atoms with van der Waals surface area (Å²) in [6.45, 7) is 3.46. The first kappa shape index (κ1) is 18.5. The van der Waals surface area contributed by atoms with Crippen LogP contribution in [0.15, 0.2) is 66.9 Å². The quantitative estimate of drug-likeness (QED) is 0.690. The number of halogens is 2. The van der Waals surface area contributed by atoms with Gasteiger partial charge in [-0.05, 0) is 36.8 Å². The van der Waals surface area contributed by atoms with Gasteiger partial charge in [-0.1, -0.05) is 30.3 Å². The molecule has 0 bridgehead atoms. The van der Waals surface area contributed by atoms with Crippen molar-refractivity contribution in [2.24, 2.45) is 0 Å². The Morgan fingerprint density at radius 1 is 1.07 bits per heavy atom. The van der Waals surface area contributed by atoms with E-state index in [2.05, 4.69) is 15.2 Å². The van der Waals surface area contributed by atoms with Crippen LogP contribution >= 0.6 is 0 Å². The molecule has 0 spiro atoms. The van der Waals surface area contributed by atoms with Gasteiger partial charge in [0.25, 0.3) is 5.91 Å². The zero-order valence-electron chi connectivity index (χ0n) is 14.8. The van der Waals surface area contributed by atoms with E-state index in [9.17, 15) is 13.6 Å². The molecule has 1 heterocycles. The van der Waals surface area contributed by atoms with Crippen molar-refractivity contribution in [2.75, 3.05) is 16.8 Å². The molecular formula is C21H19F2N3O. The Morgan fingerprint density at radius 2 is 1.85 bits per heavy atom. The number of rotatable bonds is 6. The lowest BCUT2D eigenvalue weighted by molar-refractivity contribution is 0.102. The fraction of sp³-hybridized carbons (Fsp3) is 0.143. The van der Waals surface area contributed by atoms with Gasteiger partial charge in [0.2, 0.25) is 0 Å². The molecule has 0 saturated carbocycles. The van der Waals surface area contributed by atoms with Gasteiger partial charge < -0.3 is 10.2 Å². The second-order valence-electron chi connectivity index (χ2n) is 5.98. The summed E-state index contributed by atoms with van der Waals surface area (Å²) in [6, 6.07) is 16.5. The van der Waals surface area contributed by atoms with E-state index >= 15 is 0 Å². The van der Waals surface area contributed by atoms with E-state index in [0.29, 0.717) is 6.54 Å². The number of benzene rings is 2. The third-order valence-electron chi connectivity index (χ3n) is 4.12. The van der Waals surface area contributed by atoms with Gasteiger partial charge in [-0.25, -0.2) is 8.78 Å². The van der Waals surface area contributed by atoms with Crippen molar-refractivity contribution in [3.8, 4) is 0 Å². The Balaban J connectivity index is 1.78. The SMILES string of the molecule is CCN(Cc1ccccc1)c1ccnc(C(=O)Nc2ccc(F)cc2F)c1. The molecule has 27 heavy (non-hydrogen) atoms. The van der Waals surface area contributed by atoms with Crippen LogP contribution in [-0.4, -0.2) is 17.4 Å². The van der Waals surface area contributed by atoms with Crippen molar-refractivity contribution in [1.29, 1.82) is 0 Å². The summed E-state index contributed by atoms with van der Waals surface area (Å²) >= 11 is 0. The van der Waals surface area contributed by atoms with Crippen molar-refractivity contribution in [3.63, 3.8) is 0 Å². The zero-order valence-corrected chi connectivity index (χ0v) is 14.8. The second kappa shape index (κ2) is 8.40. The standard InChI is InChI=1S/C21H19F2N3O/c1-2-26(14-15-6-4-3-5-7-15)17-10-11-24-20(13-17)21(27)25-19-9-8-16(22)12-18(19)23/h3-13H,2,14H2,1H3,(H,25,27). The number of carbonyl (C=O) groups is 1. The maximum atomic E-state index is 13.7. The predicted octanol–water partition coefficient (Wildman–Crippen LogP) is 4.64. The first-order valence-corrected chi connectivity index (χ1v) is 8.58. The maximum absolute atomic E-state index is 13.7. The lowest BCUT2D eigenvalue weighted by Gasteiger charge is -2.23. The highest BCUT2D eigenvalue weighted by Gasteiger charge is 2.14. The number of hydrogen-bond donors (Lipinski definition) is 1. The minimum Gasteiger partial charge on any atom is -0.367 e. The highest BCUT2D eigenvalue weighted by Crippen LogP contribution is 2.20. The van der Waals surface area contributed by atoms with E-state index in [1.165, 1.54) is 6.07 Å². The molecule has 0 aliphatic carbocycles. The number of aromatic nitrogens is 1. The monoisotopic (exact) mass is 367 g/mol. The number of nitrogens with zero attached hydrogens (tertiary/aromatic N) is 2. The topological polar surface area (TPSA) is 45.2 Å². The first-order valence-electron chi connectivity index (χ1n) is 8.58. The predicted molar refractivity (Wildman–Crippen MR) is 102 cm³/mol. The van der Waals surface area contributed by atoms with E-state index in [1.54, 1.807) is 12.3 Å². The number of amides is 1. The lowest BCUT2D eigenvalue weighted by atomic mass is 10.2. The average Bonchev–Trinajstić information content (AvgIpc) is 2.69. The Kier molecular flexibility index (Phi) is 5.76. The largest absolute Gasteiger partial charge is 0.367 e. The van der Waals surface area contributed by atoms with Gasteiger partial charge in [0.1, 0.15) is 17.3 Å². The van der Waals surface area contributed by atoms with Gasteiger partial charge in [-0.3, -0.25) is 9.78 Å². The molecule has 1 N–H and O–H groups in total. The van der Waals surface area contributed by atoms with Gasteiger partial charge in [0.05, 0.1) is 5.69 Å². The average molecular weight is 367 g/mol. The summed E-state index contributed by atoms with van der Waals surface area (Å²) in [5.41, 5.74) is 2.05. The molecule has 1 aromatic heterocycles. The van der Waals surface area contributed by atoms with E-state index in [4.69, 9.17) is 0 Å². The Labute approximate surface area is 156 Å². The molecule has 0 atom stereocenters. The molecule has 0 radical (unpaired) electrons. The summed E-state index contributed by atoms with van der Waals surface area (Å²) in [7, 11) is 0. The molecule has 0 aliphatic heterocycles. The molecule has 1 amide bonds. The highest BCUT2D eigenvalue weighted by molar-refractivity contribution is 6.03. The molecule has 6 heteroatoms. The van der Waals surface area contributed by atoms with Gasteiger partial charge in [-0.2, -0.15) is 0 Å². The molecule has 0 aliphatic rings. The highest BCUT2D eigenvalue weighted by atomic mass is 19.1. The van der Waals surface area contributed by atoms with Crippen LogP contribution in [0, 0.1) is 11.6 Å². The Bertz CT molecular complexity index is 932. The molecule has 3 rings (SSSR count). The second-order valence-corrected chi connectivity index (χ2v) is 5.98. The summed E-state index contributed by atoms with van der Waals surface area (Å²) in [4.78, 5) is 18.6. The third kappa shape index (κ3) is 4.67. The van der Waals surface area contributed by atoms with Crippen molar-refractivity contribution < 1.29 is 13.6 Å². The van der Waals surface area contributed by atoms with Crippen molar-refractivity contribution in [3.05, 3.63) is 89.8 Å². The van der Waals surface area contributed by atoms with Crippen molar-refractivity contribution >= 4 is 17.3 Å². The molecular weight excluding hydrogens is 348 g/mol. The van der Waals surface area contributed by atoms with Crippen LogP contribution in [0.1, 0.15) is 23.0 Å². The Hall–Kier alpha value is -3.28. The number of nitrogens with one attached hydrogen (secondary N) is 1. The minimum atomic E-state index is -0.834. The molecule has 0 saturated heterocycles. The molecule has 0 fully saturated rings. The first-order chi connectivity index (χ1) is 13.1. The summed E-state index contributed by atoms with van der Waals surface area (Å²) < 4.78 is 26.7. The van der Waals surface area contributed by atoms with E-state index in [-0.39, 0.29) is 11.4 Å². The summed E-state index contributed by atoms with van der Waals surface area (Å²) in [5.74, 6) is -2.10. The number of hydrogen-bond acceptors (Lipinski definition) is 3. The summed E-state index contributed by atoms with van der Waals surface area (Å²) in [6.07, 6.45) is 1.54. The minimum absolute atomic E-state index is 0.0924. The van der Waals surface area contributed by atoms with Crippen LogP contribution in [0.4, 0.5) is 20.2 Å². The van der Waals surface area contributed by atoms with Crippen LogP contribution in [0.5, 0.6) is 0 Å². The smallest absolute Gasteiger partial charge is 0.274 e. The maximum Gasteiger partial charge on any atom is 0.274 e. The van der Waals surface area contributed by atoms with Crippen LogP contribution in [-0.2, 0) is 6.54 Å². The van der Waals surface area contributed by atoms with Gasteiger partial charge in [-0.15, -0.1) is 0 Å². The van der Waals surface area contributed by atoms with Crippen molar-refractivity contribution in [1.82, 2.24) is 4.98 Å². The van der Waals surface area contributed by atoms with E-state index in [0.717, 1.165) is 29.9 Å². The number of anilines is 2. The zero-order chi connectivity index (χ0) is 19.2. The third-order valence-corrected chi connectivity index (χ3v) is 4.12. The van der Waals surface area contributed by atoms with Crippen molar-refractivity contribution in [2.45, 2.75) is 13.5 Å². The molecule has 138 valence electrons.